The van der Waals surface area contributed by atoms with Gasteiger partial charge >= 0.3 is 0 Å². The van der Waals surface area contributed by atoms with E-state index in [1.807, 2.05) is 37.3 Å². The zero-order valence-electron chi connectivity index (χ0n) is 23.4. The van der Waals surface area contributed by atoms with Crippen LogP contribution in [0.4, 0.5) is 0 Å². The van der Waals surface area contributed by atoms with Gasteiger partial charge in [-0.1, -0.05) is 72.6 Å². The summed E-state index contributed by atoms with van der Waals surface area (Å²) in [6.07, 6.45) is 15.5. The molecule has 1 heterocycles. The summed E-state index contributed by atoms with van der Waals surface area (Å²) in [6.45, 7) is 1.97. The van der Waals surface area contributed by atoms with Crippen molar-refractivity contribution in [3.8, 4) is 16.9 Å². The summed E-state index contributed by atoms with van der Waals surface area (Å²) in [5, 5.41) is 6.49. The molecular formula is C34H39Cl3N2O. The smallest absolute Gasteiger partial charge is 0.183 e. The van der Waals surface area contributed by atoms with Gasteiger partial charge in [0.2, 0.25) is 0 Å². The Morgan fingerprint density at radius 2 is 1.45 bits per heavy atom. The summed E-state index contributed by atoms with van der Waals surface area (Å²) in [5.74, 6) is 5.31. The quantitative estimate of drug-likeness (QED) is 0.163. The first-order valence-electron chi connectivity index (χ1n) is 15.2. The number of ketones is 1. The van der Waals surface area contributed by atoms with Crippen molar-refractivity contribution in [1.82, 2.24) is 9.78 Å². The Balaban J connectivity index is 1.05. The molecule has 6 heteroatoms. The molecule has 4 aliphatic carbocycles. The lowest BCUT2D eigenvalue weighted by atomic mass is 9.51. The fourth-order valence-electron chi connectivity index (χ4n) is 8.36. The van der Waals surface area contributed by atoms with Gasteiger partial charge < -0.3 is 0 Å². The topological polar surface area (TPSA) is 34.9 Å². The third-order valence-corrected chi connectivity index (χ3v) is 10.8. The third-order valence-electron chi connectivity index (χ3n) is 10.0. The van der Waals surface area contributed by atoms with E-state index in [2.05, 4.69) is 0 Å². The average Bonchev–Trinajstić information content (AvgIpc) is 3.26. The molecule has 0 N–H and O–H groups in total. The van der Waals surface area contributed by atoms with Crippen molar-refractivity contribution in [3.05, 3.63) is 68.8 Å². The largest absolute Gasteiger partial charge is 0.292 e. The van der Waals surface area contributed by atoms with E-state index in [-0.39, 0.29) is 5.78 Å². The van der Waals surface area contributed by atoms with Gasteiger partial charge in [-0.25, -0.2) is 4.68 Å². The zero-order chi connectivity index (χ0) is 27.8. The number of carbonyl (C=O) groups excluding carboxylic acids is 1. The molecule has 7 rings (SSSR count). The van der Waals surface area contributed by atoms with Crippen molar-refractivity contribution in [1.29, 1.82) is 0 Å². The predicted octanol–water partition coefficient (Wildman–Crippen LogP) is 10.8. The first kappa shape index (κ1) is 28.3. The normalized spacial score (nSPS) is 25.1. The monoisotopic (exact) mass is 596 g/mol. The van der Waals surface area contributed by atoms with Gasteiger partial charge in [0.1, 0.15) is 5.69 Å². The molecule has 0 amide bonds. The van der Waals surface area contributed by atoms with Crippen LogP contribution in [0.25, 0.3) is 16.9 Å². The second-order valence-corrected chi connectivity index (χ2v) is 13.9. The van der Waals surface area contributed by atoms with Crippen molar-refractivity contribution in [2.75, 3.05) is 0 Å². The highest BCUT2D eigenvalue weighted by Gasteiger charge is 2.47. The summed E-state index contributed by atoms with van der Waals surface area (Å²) >= 11 is 18.9. The van der Waals surface area contributed by atoms with Crippen LogP contribution in [-0.2, 0) is 0 Å². The molecule has 40 heavy (non-hydrogen) atoms. The van der Waals surface area contributed by atoms with Crippen LogP contribution in [0, 0.1) is 36.5 Å². The second kappa shape index (κ2) is 12.2. The van der Waals surface area contributed by atoms with Crippen molar-refractivity contribution < 1.29 is 4.79 Å². The van der Waals surface area contributed by atoms with Gasteiger partial charge in [0.05, 0.1) is 16.4 Å². The van der Waals surface area contributed by atoms with Crippen LogP contribution in [-0.4, -0.2) is 15.6 Å². The highest BCUT2D eigenvalue weighted by Crippen LogP contribution is 2.57. The molecule has 3 nitrogen and oxygen atoms in total. The average molecular weight is 598 g/mol. The van der Waals surface area contributed by atoms with Crippen LogP contribution in [0.2, 0.25) is 15.1 Å². The number of rotatable bonds is 11. The molecule has 1 aromatic heterocycles. The first-order chi connectivity index (χ1) is 19.4. The number of unbranched alkanes of at least 4 members (excludes halogenated alkanes) is 4. The Hall–Kier alpha value is -1.81. The molecule has 4 aliphatic rings. The van der Waals surface area contributed by atoms with Crippen LogP contribution < -0.4 is 0 Å². The number of carbonyl (C=O) groups is 1. The second-order valence-electron chi connectivity index (χ2n) is 12.7. The SMILES string of the molecule is Cc1c(C(=O)CCCCCCCC2C3CC4CC(C3)CC2C4)nn(-c2ccc(Cl)cc2Cl)c1-c1ccc(Cl)cc1. The number of halogens is 3. The van der Waals surface area contributed by atoms with Gasteiger partial charge in [-0.15, -0.1) is 0 Å². The Kier molecular flexibility index (Phi) is 8.64. The number of hydrogen-bond acceptors (Lipinski definition) is 2. The molecule has 3 aromatic rings. The molecule has 2 aromatic carbocycles. The predicted molar refractivity (Wildman–Crippen MR) is 166 cm³/mol. The summed E-state index contributed by atoms with van der Waals surface area (Å²) in [4.78, 5) is 13.4. The fraction of sp³-hybridized carbons (Fsp3) is 0.529. The maximum atomic E-state index is 13.4. The van der Waals surface area contributed by atoms with Crippen molar-refractivity contribution in [2.24, 2.45) is 29.6 Å². The lowest BCUT2D eigenvalue weighted by molar-refractivity contribution is -0.0404. The Morgan fingerprint density at radius 3 is 2.12 bits per heavy atom. The zero-order valence-corrected chi connectivity index (χ0v) is 25.6. The van der Waals surface area contributed by atoms with Crippen LogP contribution >= 0.6 is 34.8 Å². The van der Waals surface area contributed by atoms with E-state index in [4.69, 9.17) is 39.9 Å². The maximum Gasteiger partial charge on any atom is 0.183 e. The summed E-state index contributed by atoms with van der Waals surface area (Å²) in [6, 6.07) is 12.9. The minimum Gasteiger partial charge on any atom is -0.292 e. The number of aromatic nitrogens is 2. The Morgan fingerprint density at radius 1 is 0.825 bits per heavy atom. The van der Waals surface area contributed by atoms with Crippen LogP contribution in [0.15, 0.2) is 42.5 Å². The minimum atomic E-state index is 0.0881. The molecule has 0 unspecified atom stereocenters. The Labute approximate surface area is 253 Å². The Bertz CT molecular complexity index is 1330. The van der Waals surface area contributed by atoms with E-state index in [1.54, 1.807) is 16.8 Å². The van der Waals surface area contributed by atoms with Crippen molar-refractivity contribution in [2.45, 2.75) is 84.0 Å². The molecule has 0 radical (unpaired) electrons. The number of benzene rings is 2. The molecule has 0 aliphatic heterocycles. The van der Waals surface area contributed by atoms with Gasteiger partial charge in [0.25, 0.3) is 0 Å². The molecule has 0 saturated heterocycles. The van der Waals surface area contributed by atoms with Crippen molar-refractivity contribution in [3.63, 3.8) is 0 Å². The molecule has 0 atom stereocenters. The standard InChI is InChI=1S/C34H39Cl3N2O/c1-21-33(38-39(31-14-13-28(36)20-30(31)37)34(21)24-9-11-27(35)12-10-24)32(40)8-6-4-2-3-5-7-29-25-16-22-15-23(18-25)19-26(29)17-22/h9-14,20,22-23,25-26,29H,2-8,15-19H2,1H3. The van der Waals surface area contributed by atoms with E-state index < -0.39 is 0 Å². The van der Waals surface area contributed by atoms with E-state index in [0.717, 1.165) is 59.3 Å². The molecule has 212 valence electrons. The maximum absolute atomic E-state index is 13.4. The third kappa shape index (κ3) is 5.90. The van der Waals surface area contributed by atoms with Crippen molar-refractivity contribution >= 4 is 40.6 Å². The lowest BCUT2D eigenvalue weighted by Crippen LogP contribution is -2.44. The molecule has 4 saturated carbocycles. The van der Waals surface area contributed by atoms with E-state index in [1.165, 1.54) is 57.8 Å². The van der Waals surface area contributed by atoms with Gasteiger partial charge in [-0.05, 0) is 112 Å². The van der Waals surface area contributed by atoms with Gasteiger partial charge in [-0.3, -0.25) is 4.79 Å². The summed E-state index contributed by atoms with van der Waals surface area (Å²) in [7, 11) is 0. The molecule has 0 spiro atoms. The van der Waals surface area contributed by atoms with Gasteiger partial charge in [-0.2, -0.15) is 5.10 Å². The van der Waals surface area contributed by atoms with Crippen LogP contribution in [0.1, 0.15) is 93.1 Å². The number of nitrogens with zero attached hydrogens (tertiary/aromatic N) is 2. The number of Topliss-reactive ketones (excluding diaryl/α,β-unsaturated/α-hetero) is 1. The summed E-state index contributed by atoms with van der Waals surface area (Å²) < 4.78 is 1.77. The van der Waals surface area contributed by atoms with Gasteiger partial charge in [0.15, 0.2) is 5.78 Å². The van der Waals surface area contributed by atoms with E-state index >= 15 is 0 Å². The molecule has 4 bridgehead atoms. The molecule has 4 fully saturated rings. The van der Waals surface area contributed by atoms with Crippen LogP contribution in [0.3, 0.4) is 0 Å². The summed E-state index contributed by atoms with van der Waals surface area (Å²) in [5.41, 5.74) is 3.83. The van der Waals surface area contributed by atoms with Crippen LogP contribution in [0.5, 0.6) is 0 Å². The highest BCUT2D eigenvalue weighted by molar-refractivity contribution is 6.35. The van der Waals surface area contributed by atoms with Gasteiger partial charge in [0, 0.05) is 27.6 Å². The number of hydrogen-bond donors (Lipinski definition) is 0. The minimum absolute atomic E-state index is 0.0881. The molecular weight excluding hydrogens is 559 g/mol. The van der Waals surface area contributed by atoms with E-state index in [9.17, 15) is 4.79 Å². The fourth-order valence-corrected chi connectivity index (χ4v) is 8.97. The highest BCUT2D eigenvalue weighted by atomic mass is 35.5. The first-order valence-corrected chi connectivity index (χ1v) is 16.3. The lowest BCUT2D eigenvalue weighted by Gasteiger charge is -2.54. The van der Waals surface area contributed by atoms with E-state index in [0.29, 0.717) is 32.9 Å².